The number of anilines is 1. The molecule has 0 amide bonds. The van der Waals surface area contributed by atoms with Crippen molar-refractivity contribution in [2.24, 2.45) is 4.99 Å². The predicted octanol–water partition coefficient (Wildman–Crippen LogP) is 4.96. The quantitative estimate of drug-likeness (QED) is 0.433. The summed E-state index contributed by atoms with van der Waals surface area (Å²) in [6.07, 6.45) is 1.22. The van der Waals surface area contributed by atoms with Crippen LogP contribution >= 0.6 is 0 Å². The summed E-state index contributed by atoms with van der Waals surface area (Å²) < 4.78 is 19.9. The Hall–Kier alpha value is -3.36. The number of aliphatic hydroxyl groups is 1. The molecule has 2 heterocycles. The van der Waals surface area contributed by atoms with E-state index in [2.05, 4.69) is 20.1 Å². The molecule has 1 fully saturated rings. The fourth-order valence-corrected chi connectivity index (χ4v) is 4.80. The van der Waals surface area contributed by atoms with Gasteiger partial charge in [0.15, 0.2) is 5.82 Å². The topological polar surface area (TPSA) is 96.9 Å². The van der Waals surface area contributed by atoms with Gasteiger partial charge in [0.05, 0.1) is 35.5 Å². The smallest absolute Gasteiger partial charge is 0.152 e. The fourth-order valence-electron chi connectivity index (χ4n) is 4.80. The molecule has 1 atom stereocenters. The third-order valence-corrected chi connectivity index (χ3v) is 6.68. The highest BCUT2D eigenvalue weighted by Gasteiger charge is 2.27. The maximum atomic E-state index is 14.6. The van der Waals surface area contributed by atoms with E-state index in [1.54, 1.807) is 12.1 Å². The lowest BCUT2D eigenvalue weighted by atomic mass is 9.90. The number of halogens is 1. The Labute approximate surface area is 211 Å². The zero-order chi connectivity index (χ0) is 25.7. The summed E-state index contributed by atoms with van der Waals surface area (Å²) >= 11 is 0. The number of piperidine rings is 1. The van der Waals surface area contributed by atoms with Gasteiger partial charge in [0.2, 0.25) is 0 Å². The van der Waals surface area contributed by atoms with E-state index in [9.17, 15) is 9.50 Å². The summed E-state index contributed by atoms with van der Waals surface area (Å²) in [6, 6.07) is 14.4. The number of benzene rings is 2. The summed E-state index contributed by atoms with van der Waals surface area (Å²) in [5.41, 5.74) is 11.0. The Balaban J connectivity index is 1.48. The molecule has 1 aliphatic rings. The van der Waals surface area contributed by atoms with Gasteiger partial charge < -0.3 is 20.5 Å². The van der Waals surface area contributed by atoms with Crippen LogP contribution in [0.15, 0.2) is 53.5 Å². The Morgan fingerprint density at radius 1 is 1.19 bits per heavy atom. The first-order valence-corrected chi connectivity index (χ1v) is 12.4. The minimum Gasteiger partial charge on any atom is -0.494 e. The number of rotatable bonds is 8. The van der Waals surface area contributed by atoms with Crippen LogP contribution in [0.1, 0.15) is 61.2 Å². The number of nitrogens with two attached hydrogens (primary N) is 1. The minimum absolute atomic E-state index is 0.164. The van der Waals surface area contributed by atoms with E-state index in [1.165, 1.54) is 6.07 Å². The zero-order valence-electron chi connectivity index (χ0n) is 21.1. The normalized spacial score (nSPS) is 16.2. The second-order valence-electron chi connectivity index (χ2n) is 9.20. The molecule has 1 unspecified atom stereocenters. The highest BCUT2D eigenvalue weighted by atomic mass is 19.1. The molecule has 8 heteroatoms. The number of aromatic nitrogens is 2. The van der Waals surface area contributed by atoms with Crippen molar-refractivity contribution >= 4 is 17.1 Å². The highest BCUT2D eigenvalue weighted by molar-refractivity contribution is 6.05. The van der Waals surface area contributed by atoms with Crippen LogP contribution in [0.5, 0.6) is 5.75 Å². The molecule has 0 aliphatic carbocycles. The molecule has 0 spiro atoms. The van der Waals surface area contributed by atoms with E-state index in [1.807, 2.05) is 51.1 Å². The number of aliphatic hydroxyl groups excluding tert-OH is 1. The van der Waals surface area contributed by atoms with E-state index in [4.69, 9.17) is 10.5 Å². The van der Waals surface area contributed by atoms with Crippen molar-refractivity contribution in [3.8, 4) is 5.75 Å². The molecule has 1 saturated heterocycles. The van der Waals surface area contributed by atoms with Crippen molar-refractivity contribution in [3.63, 3.8) is 0 Å². The van der Waals surface area contributed by atoms with Gasteiger partial charge in [-0.2, -0.15) is 10.2 Å². The SMILES string of the molecule is CCOc1ccc(N=C(C)c2c(C)nnc(C3CCN(CC(O)c4ccccc4)CC3)c2N)c(F)c1. The largest absolute Gasteiger partial charge is 0.494 e. The lowest BCUT2D eigenvalue weighted by molar-refractivity contribution is 0.0969. The van der Waals surface area contributed by atoms with Gasteiger partial charge in [-0.3, -0.25) is 0 Å². The van der Waals surface area contributed by atoms with Gasteiger partial charge in [0.25, 0.3) is 0 Å². The zero-order valence-corrected chi connectivity index (χ0v) is 21.1. The van der Waals surface area contributed by atoms with E-state index >= 15 is 0 Å². The van der Waals surface area contributed by atoms with Crippen LogP contribution in [0.3, 0.4) is 0 Å². The number of aliphatic imine (C=N–C) groups is 1. The van der Waals surface area contributed by atoms with E-state index in [-0.39, 0.29) is 11.6 Å². The molecule has 0 saturated carbocycles. The first-order valence-electron chi connectivity index (χ1n) is 12.4. The number of hydrogen-bond donors (Lipinski definition) is 2. The van der Waals surface area contributed by atoms with Crippen LogP contribution in [-0.4, -0.2) is 52.2 Å². The minimum atomic E-state index is -0.513. The summed E-state index contributed by atoms with van der Waals surface area (Å²) in [4.78, 5) is 6.79. The molecule has 4 rings (SSSR count). The third-order valence-electron chi connectivity index (χ3n) is 6.68. The number of likely N-dealkylation sites (tertiary alicyclic amines) is 1. The first kappa shape index (κ1) is 25.7. The van der Waals surface area contributed by atoms with E-state index in [0.717, 1.165) is 37.2 Å². The molecule has 1 aromatic heterocycles. The molecule has 190 valence electrons. The van der Waals surface area contributed by atoms with Crippen molar-refractivity contribution in [2.75, 3.05) is 32.0 Å². The lowest BCUT2D eigenvalue weighted by Crippen LogP contribution is -2.36. The van der Waals surface area contributed by atoms with Crippen LogP contribution in [0.4, 0.5) is 15.8 Å². The van der Waals surface area contributed by atoms with Crippen LogP contribution in [-0.2, 0) is 0 Å². The monoisotopic (exact) mass is 491 g/mol. The van der Waals surface area contributed by atoms with Crippen molar-refractivity contribution in [2.45, 2.75) is 45.6 Å². The Bertz CT molecular complexity index is 1210. The molecule has 3 N–H and O–H groups in total. The molecule has 7 nitrogen and oxygen atoms in total. The van der Waals surface area contributed by atoms with Gasteiger partial charge in [0, 0.05) is 29.8 Å². The second kappa shape index (κ2) is 11.6. The molecule has 2 aromatic carbocycles. The van der Waals surface area contributed by atoms with E-state index < -0.39 is 11.9 Å². The van der Waals surface area contributed by atoms with Crippen molar-refractivity contribution < 1.29 is 14.2 Å². The number of aryl methyl sites for hydroxylation is 1. The van der Waals surface area contributed by atoms with Crippen molar-refractivity contribution in [3.05, 3.63) is 76.9 Å². The maximum absolute atomic E-state index is 14.6. The Kier molecular flexibility index (Phi) is 8.28. The molecule has 3 aromatic rings. The molecule has 0 bridgehead atoms. The number of β-amino-alcohol motifs (C(OH)–C–C–N with tert-alkyl or cyclic N) is 1. The van der Waals surface area contributed by atoms with Crippen molar-refractivity contribution in [1.82, 2.24) is 15.1 Å². The fraction of sp³-hybridized carbons (Fsp3) is 0.393. The average Bonchev–Trinajstić information content (AvgIpc) is 2.87. The van der Waals surface area contributed by atoms with Crippen LogP contribution in [0.25, 0.3) is 0 Å². The Morgan fingerprint density at radius 2 is 1.92 bits per heavy atom. The summed E-state index contributed by atoms with van der Waals surface area (Å²) in [5, 5.41) is 19.4. The summed E-state index contributed by atoms with van der Waals surface area (Å²) in [7, 11) is 0. The summed E-state index contributed by atoms with van der Waals surface area (Å²) in [5.74, 6) is 0.179. The van der Waals surface area contributed by atoms with E-state index in [0.29, 0.717) is 41.6 Å². The van der Waals surface area contributed by atoms with Gasteiger partial charge in [-0.15, -0.1) is 0 Å². The van der Waals surface area contributed by atoms with Crippen LogP contribution in [0, 0.1) is 12.7 Å². The van der Waals surface area contributed by atoms with Gasteiger partial charge >= 0.3 is 0 Å². The molecule has 0 radical (unpaired) electrons. The lowest BCUT2D eigenvalue weighted by Gasteiger charge is -2.33. The third kappa shape index (κ3) is 5.88. The molecule has 36 heavy (non-hydrogen) atoms. The number of hydrogen-bond acceptors (Lipinski definition) is 7. The number of nitrogen functional groups attached to an aromatic ring is 1. The van der Waals surface area contributed by atoms with Crippen LogP contribution < -0.4 is 10.5 Å². The maximum Gasteiger partial charge on any atom is 0.152 e. The van der Waals surface area contributed by atoms with Gasteiger partial charge in [-0.25, -0.2) is 9.38 Å². The molecular formula is C28H34FN5O2. The molecule has 1 aliphatic heterocycles. The highest BCUT2D eigenvalue weighted by Crippen LogP contribution is 2.34. The van der Waals surface area contributed by atoms with Gasteiger partial charge in [-0.1, -0.05) is 30.3 Å². The molecular weight excluding hydrogens is 457 g/mol. The van der Waals surface area contributed by atoms with Crippen LogP contribution in [0.2, 0.25) is 0 Å². The number of nitrogens with zero attached hydrogens (tertiary/aromatic N) is 4. The standard InChI is InChI=1S/C28H34FN5O2/c1-4-36-22-10-11-24(23(29)16-22)31-18(2)26-19(3)32-33-28(27(26)30)21-12-14-34(15-13-21)17-25(35)20-8-6-5-7-9-20/h5-11,16,21,25,35H,4,12-15,17H2,1-3H3,(H2,30,32). The Morgan fingerprint density at radius 3 is 2.58 bits per heavy atom. The first-order chi connectivity index (χ1) is 17.4. The van der Waals surface area contributed by atoms with Gasteiger partial charge in [-0.05, 0) is 64.4 Å². The second-order valence-corrected chi connectivity index (χ2v) is 9.20. The van der Waals surface area contributed by atoms with Gasteiger partial charge in [0.1, 0.15) is 5.75 Å². The average molecular weight is 492 g/mol. The predicted molar refractivity (Wildman–Crippen MR) is 140 cm³/mol. The van der Waals surface area contributed by atoms with Crippen molar-refractivity contribution in [1.29, 1.82) is 0 Å². The number of ether oxygens (including phenoxy) is 1. The summed E-state index contributed by atoms with van der Waals surface area (Å²) in [6.45, 7) is 8.24.